The highest BCUT2D eigenvalue weighted by Crippen LogP contribution is 2.34. The Morgan fingerprint density at radius 2 is 2.22 bits per heavy atom. The monoisotopic (exact) mass is 259 g/mol. The Hall–Kier alpha value is -2.06. The Bertz CT molecular complexity index is 601. The number of nitriles is 1. The largest absolute Gasteiger partial charge is 0.495 e. The average Bonchev–Trinajstić information content (AvgIpc) is 2.86. The second kappa shape index (κ2) is 5.07. The zero-order valence-corrected chi connectivity index (χ0v) is 11.3. The lowest BCUT2D eigenvalue weighted by molar-refractivity contribution is 0.415. The number of anilines is 2. The summed E-state index contributed by atoms with van der Waals surface area (Å²) in [7, 11) is 3.56. The molecular weight excluding hydrogens is 246 g/mol. The van der Waals surface area contributed by atoms with Gasteiger partial charge < -0.3 is 9.64 Å². The molecule has 0 amide bonds. The fourth-order valence-electron chi connectivity index (χ4n) is 1.64. The van der Waals surface area contributed by atoms with E-state index in [0.29, 0.717) is 4.88 Å². The number of thiazole rings is 1. The molecular formula is C13H13N3OS. The molecule has 92 valence electrons. The van der Waals surface area contributed by atoms with Crippen molar-refractivity contribution in [2.24, 2.45) is 0 Å². The molecule has 0 saturated carbocycles. The third-order valence-electron chi connectivity index (χ3n) is 2.59. The maximum atomic E-state index is 8.83. The van der Waals surface area contributed by atoms with E-state index >= 15 is 0 Å². The van der Waals surface area contributed by atoms with Crippen molar-refractivity contribution in [2.45, 2.75) is 6.92 Å². The quantitative estimate of drug-likeness (QED) is 0.849. The first-order chi connectivity index (χ1) is 8.65. The molecule has 0 bridgehead atoms. The van der Waals surface area contributed by atoms with Crippen molar-refractivity contribution in [1.29, 1.82) is 5.26 Å². The van der Waals surface area contributed by atoms with E-state index in [0.717, 1.165) is 22.1 Å². The van der Waals surface area contributed by atoms with E-state index in [1.54, 1.807) is 13.3 Å². The zero-order valence-electron chi connectivity index (χ0n) is 10.5. The predicted molar refractivity (Wildman–Crippen MR) is 72.6 cm³/mol. The van der Waals surface area contributed by atoms with Crippen LogP contribution in [0.3, 0.4) is 0 Å². The third-order valence-corrected chi connectivity index (χ3v) is 3.56. The molecule has 1 heterocycles. The van der Waals surface area contributed by atoms with Crippen molar-refractivity contribution in [3.05, 3.63) is 34.8 Å². The number of hydrogen-bond donors (Lipinski definition) is 0. The van der Waals surface area contributed by atoms with E-state index in [1.807, 2.05) is 37.1 Å². The molecule has 1 aromatic carbocycles. The molecule has 0 aliphatic heterocycles. The van der Waals surface area contributed by atoms with E-state index in [4.69, 9.17) is 10.00 Å². The van der Waals surface area contributed by atoms with Crippen LogP contribution in [0.4, 0.5) is 10.8 Å². The van der Waals surface area contributed by atoms with E-state index in [9.17, 15) is 0 Å². The van der Waals surface area contributed by atoms with Gasteiger partial charge in [0.1, 0.15) is 16.7 Å². The van der Waals surface area contributed by atoms with Gasteiger partial charge in [0.2, 0.25) is 0 Å². The minimum Gasteiger partial charge on any atom is -0.495 e. The van der Waals surface area contributed by atoms with Crippen LogP contribution < -0.4 is 9.64 Å². The van der Waals surface area contributed by atoms with E-state index in [-0.39, 0.29) is 0 Å². The van der Waals surface area contributed by atoms with Gasteiger partial charge in [-0.1, -0.05) is 17.4 Å². The number of aromatic nitrogens is 1. The van der Waals surface area contributed by atoms with Crippen molar-refractivity contribution in [3.8, 4) is 11.8 Å². The van der Waals surface area contributed by atoms with E-state index in [1.165, 1.54) is 11.3 Å². The maximum absolute atomic E-state index is 8.83. The lowest BCUT2D eigenvalue weighted by Gasteiger charge is -2.19. The van der Waals surface area contributed by atoms with Gasteiger partial charge in [0.25, 0.3) is 0 Å². The fraction of sp³-hybridized carbons (Fsp3) is 0.231. The average molecular weight is 259 g/mol. The van der Waals surface area contributed by atoms with Crippen LogP contribution >= 0.6 is 11.3 Å². The topological polar surface area (TPSA) is 49.1 Å². The number of hydrogen-bond acceptors (Lipinski definition) is 5. The molecule has 1 aromatic heterocycles. The van der Waals surface area contributed by atoms with Gasteiger partial charge in [-0.05, 0) is 24.6 Å². The van der Waals surface area contributed by atoms with Crippen LogP contribution in [0, 0.1) is 18.3 Å². The molecule has 4 nitrogen and oxygen atoms in total. The number of nitrogens with zero attached hydrogens (tertiary/aromatic N) is 3. The molecule has 0 aliphatic rings. The Labute approximate surface area is 110 Å². The van der Waals surface area contributed by atoms with Gasteiger partial charge >= 0.3 is 0 Å². The Balaban J connectivity index is 2.41. The molecule has 0 saturated heterocycles. The molecule has 2 rings (SSSR count). The second-order valence-electron chi connectivity index (χ2n) is 3.85. The first-order valence-electron chi connectivity index (χ1n) is 5.40. The highest BCUT2D eigenvalue weighted by Gasteiger charge is 2.13. The first kappa shape index (κ1) is 12.4. The Morgan fingerprint density at radius 1 is 1.44 bits per heavy atom. The Morgan fingerprint density at radius 3 is 2.83 bits per heavy atom. The van der Waals surface area contributed by atoms with Crippen LogP contribution in [0.5, 0.6) is 5.75 Å². The summed E-state index contributed by atoms with van der Waals surface area (Å²) in [6.45, 7) is 2.03. The number of rotatable bonds is 3. The van der Waals surface area contributed by atoms with Crippen molar-refractivity contribution in [3.63, 3.8) is 0 Å². The predicted octanol–water partition coefficient (Wildman–Crippen LogP) is 3.10. The van der Waals surface area contributed by atoms with Crippen LogP contribution in [0.1, 0.15) is 10.4 Å². The minimum absolute atomic E-state index is 0.600. The Kier molecular flexibility index (Phi) is 3.49. The van der Waals surface area contributed by atoms with Gasteiger partial charge in [-0.3, -0.25) is 0 Å². The van der Waals surface area contributed by atoms with Crippen LogP contribution in [-0.2, 0) is 0 Å². The summed E-state index contributed by atoms with van der Waals surface area (Å²) in [6, 6.07) is 8.06. The van der Waals surface area contributed by atoms with Crippen molar-refractivity contribution < 1.29 is 4.74 Å². The van der Waals surface area contributed by atoms with Crippen LogP contribution in [-0.4, -0.2) is 19.1 Å². The number of ether oxygens (including phenoxy) is 1. The third kappa shape index (κ3) is 2.29. The zero-order chi connectivity index (χ0) is 13.1. The van der Waals surface area contributed by atoms with Crippen molar-refractivity contribution in [1.82, 2.24) is 4.98 Å². The maximum Gasteiger partial charge on any atom is 0.190 e. The highest BCUT2D eigenvalue weighted by molar-refractivity contribution is 7.16. The highest BCUT2D eigenvalue weighted by atomic mass is 32.1. The van der Waals surface area contributed by atoms with Crippen LogP contribution in [0.15, 0.2) is 24.4 Å². The lowest BCUT2D eigenvalue weighted by Crippen LogP contribution is -2.10. The van der Waals surface area contributed by atoms with Gasteiger partial charge in [-0.2, -0.15) is 5.26 Å². The molecule has 5 heteroatoms. The van der Waals surface area contributed by atoms with Crippen molar-refractivity contribution in [2.75, 3.05) is 19.1 Å². The summed E-state index contributed by atoms with van der Waals surface area (Å²) in [5.41, 5.74) is 2.09. The SMILES string of the molecule is COc1ccc(C)cc1N(C)c1ncc(C#N)s1. The van der Waals surface area contributed by atoms with E-state index < -0.39 is 0 Å². The van der Waals surface area contributed by atoms with E-state index in [2.05, 4.69) is 11.1 Å². The number of methoxy groups -OCH3 is 1. The number of aryl methyl sites for hydroxylation is 1. The number of benzene rings is 1. The van der Waals surface area contributed by atoms with Gasteiger partial charge in [0.05, 0.1) is 19.0 Å². The summed E-state index contributed by atoms with van der Waals surface area (Å²) in [4.78, 5) is 6.76. The summed E-state index contributed by atoms with van der Waals surface area (Å²) in [6.07, 6.45) is 1.58. The standard InChI is InChI=1S/C13H13N3OS/c1-9-4-5-12(17-3)11(6-9)16(2)13-15-8-10(7-14)18-13/h4-6,8H,1-3H3. The lowest BCUT2D eigenvalue weighted by atomic mass is 10.2. The molecule has 0 N–H and O–H groups in total. The molecule has 0 spiro atoms. The minimum atomic E-state index is 0.600. The van der Waals surface area contributed by atoms with Gasteiger partial charge in [0, 0.05) is 7.05 Å². The fourth-order valence-corrected chi connectivity index (χ4v) is 2.33. The molecule has 0 radical (unpaired) electrons. The van der Waals surface area contributed by atoms with Gasteiger partial charge in [-0.15, -0.1) is 0 Å². The van der Waals surface area contributed by atoms with Gasteiger partial charge in [0.15, 0.2) is 5.13 Å². The van der Waals surface area contributed by atoms with Crippen LogP contribution in [0.2, 0.25) is 0 Å². The molecule has 18 heavy (non-hydrogen) atoms. The smallest absolute Gasteiger partial charge is 0.190 e. The second-order valence-corrected chi connectivity index (χ2v) is 4.86. The summed E-state index contributed by atoms with van der Waals surface area (Å²) < 4.78 is 5.35. The molecule has 0 unspecified atom stereocenters. The molecule has 0 aliphatic carbocycles. The molecule has 0 fully saturated rings. The molecule has 2 aromatic rings. The van der Waals surface area contributed by atoms with Gasteiger partial charge in [-0.25, -0.2) is 4.98 Å². The summed E-state index contributed by atoms with van der Waals surface area (Å²) in [5, 5.41) is 9.60. The summed E-state index contributed by atoms with van der Waals surface area (Å²) in [5.74, 6) is 0.789. The van der Waals surface area contributed by atoms with Crippen molar-refractivity contribution >= 4 is 22.2 Å². The summed E-state index contributed by atoms with van der Waals surface area (Å²) >= 11 is 1.36. The first-order valence-corrected chi connectivity index (χ1v) is 6.21. The molecule has 0 atom stereocenters. The van der Waals surface area contributed by atoms with Crippen LogP contribution in [0.25, 0.3) is 0 Å². The normalized spacial score (nSPS) is 9.89.